The van der Waals surface area contributed by atoms with Crippen LogP contribution in [0, 0.1) is 0 Å². The Bertz CT molecular complexity index is 990. The van der Waals surface area contributed by atoms with Gasteiger partial charge < -0.3 is 4.74 Å². The molecule has 0 amide bonds. The zero-order valence-electron chi connectivity index (χ0n) is 21.1. The zero-order chi connectivity index (χ0) is 23.5. The molecule has 2 heteroatoms. The third-order valence-electron chi connectivity index (χ3n) is 7.27. The van der Waals surface area contributed by atoms with Crippen LogP contribution in [0.25, 0.3) is 11.6 Å². The van der Waals surface area contributed by atoms with Crippen LogP contribution in [0.4, 0.5) is 0 Å². The molecule has 0 aliphatic heterocycles. The fraction of sp³-hybridized carbons (Fsp3) is 0.500. The van der Waals surface area contributed by atoms with Crippen LogP contribution in [-0.2, 0) is 22.0 Å². The minimum absolute atomic E-state index is 0.198. The number of allylic oxidation sites excluding steroid dienone is 1. The van der Waals surface area contributed by atoms with E-state index in [0.29, 0.717) is 5.56 Å². The van der Waals surface area contributed by atoms with Crippen molar-refractivity contribution in [3.63, 3.8) is 0 Å². The maximum atomic E-state index is 11.8. The van der Waals surface area contributed by atoms with Crippen molar-refractivity contribution in [1.82, 2.24) is 0 Å². The molecule has 0 radical (unpaired) electrons. The predicted molar refractivity (Wildman–Crippen MR) is 136 cm³/mol. The number of esters is 1. The largest absolute Gasteiger partial charge is 0.465 e. The highest BCUT2D eigenvalue weighted by Crippen LogP contribution is 2.47. The summed E-state index contributed by atoms with van der Waals surface area (Å²) in [4.78, 5) is 11.8. The Morgan fingerprint density at radius 1 is 0.969 bits per heavy atom. The first-order valence-electron chi connectivity index (χ1n) is 12.1. The van der Waals surface area contributed by atoms with Crippen LogP contribution in [0.15, 0.2) is 36.4 Å². The molecule has 0 unspecified atom stereocenters. The molecule has 0 N–H and O–H groups in total. The van der Waals surface area contributed by atoms with Crippen molar-refractivity contribution >= 4 is 17.6 Å². The molecule has 1 aliphatic carbocycles. The number of unbranched alkanes of at least 4 members (excludes halogenated alkanes) is 2. The molecule has 0 saturated heterocycles. The number of rotatable bonds is 7. The average Bonchev–Trinajstić information content (AvgIpc) is 2.76. The van der Waals surface area contributed by atoms with Gasteiger partial charge in [-0.1, -0.05) is 77.8 Å². The van der Waals surface area contributed by atoms with Gasteiger partial charge in [0.05, 0.1) is 12.7 Å². The summed E-state index contributed by atoms with van der Waals surface area (Å²) in [6.07, 6.45) is 9.56. The van der Waals surface area contributed by atoms with E-state index in [0.717, 1.165) is 12.0 Å². The Morgan fingerprint density at radius 2 is 1.56 bits per heavy atom. The van der Waals surface area contributed by atoms with Crippen molar-refractivity contribution in [3.05, 3.63) is 69.8 Å². The van der Waals surface area contributed by atoms with Gasteiger partial charge in [-0.2, -0.15) is 0 Å². The predicted octanol–water partition coefficient (Wildman–Crippen LogP) is 8.12. The lowest BCUT2D eigenvalue weighted by atomic mass is 9.62. The number of benzene rings is 2. The van der Waals surface area contributed by atoms with Crippen LogP contribution in [0.3, 0.4) is 0 Å². The molecule has 0 bridgehead atoms. The molecule has 172 valence electrons. The smallest absolute Gasteiger partial charge is 0.337 e. The first-order valence-corrected chi connectivity index (χ1v) is 12.1. The van der Waals surface area contributed by atoms with Crippen molar-refractivity contribution in [2.24, 2.45) is 0 Å². The summed E-state index contributed by atoms with van der Waals surface area (Å²) in [6, 6.07) is 12.7. The fourth-order valence-corrected chi connectivity index (χ4v) is 4.96. The maximum Gasteiger partial charge on any atom is 0.337 e. The second kappa shape index (κ2) is 9.65. The monoisotopic (exact) mass is 432 g/mol. The van der Waals surface area contributed by atoms with Crippen molar-refractivity contribution < 1.29 is 9.53 Å². The summed E-state index contributed by atoms with van der Waals surface area (Å²) >= 11 is 0. The van der Waals surface area contributed by atoms with Gasteiger partial charge in [-0.3, -0.25) is 0 Å². The van der Waals surface area contributed by atoms with Crippen LogP contribution < -0.4 is 0 Å². The number of fused-ring (bicyclic) bond motifs is 1. The van der Waals surface area contributed by atoms with Gasteiger partial charge in [-0.25, -0.2) is 4.79 Å². The van der Waals surface area contributed by atoms with E-state index in [2.05, 4.69) is 59.8 Å². The van der Waals surface area contributed by atoms with Gasteiger partial charge in [0.25, 0.3) is 0 Å². The second-order valence-corrected chi connectivity index (χ2v) is 10.7. The summed E-state index contributed by atoms with van der Waals surface area (Å²) in [5.74, 6) is -0.296. The lowest BCUT2D eigenvalue weighted by Crippen LogP contribution is -2.34. The molecule has 2 nitrogen and oxygen atoms in total. The van der Waals surface area contributed by atoms with Crippen LogP contribution >= 0.6 is 0 Å². The maximum absolute atomic E-state index is 11.8. The molecule has 2 aromatic rings. The van der Waals surface area contributed by atoms with Crippen LogP contribution in [0.1, 0.15) is 112 Å². The molecule has 0 spiro atoms. The van der Waals surface area contributed by atoms with Crippen molar-refractivity contribution in [3.8, 4) is 0 Å². The summed E-state index contributed by atoms with van der Waals surface area (Å²) in [5.41, 5.74) is 9.30. The van der Waals surface area contributed by atoms with Gasteiger partial charge in [-0.05, 0) is 89.0 Å². The Kier molecular flexibility index (Phi) is 7.32. The Labute approximate surface area is 195 Å². The third-order valence-corrected chi connectivity index (χ3v) is 7.27. The Morgan fingerprint density at radius 3 is 2.12 bits per heavy atom. The number of methoxy groups -OCH3 is 1. The van der Waals surface area contributed by atoms with Crippen molar-refractivity contribution in [2.45, 2.75) is 90.9 Å². The van der Waals surface area contributed by atoms with E-state index >= 15 is 0 Å². The summed E-state index contributed by atoms with van der Waals surface area (Å²) in [6.45, 7) is 14.1. The van der Waals surface area contributed by atoms with Gasteiger partial charge in [0.15, 0.2) is 0 Å². The molecular weight excluding hydrogens is 392 g/mol. The first-order chi connectivity index (χ1) is 15.1. The highest BCUT2D eigenvalue weighted by Gasteiger charge is 2.37. The number of ether oxygens (including phenoxy) is 1. The molecule has 1 aliphatic rings. The summed E-state index contributed by atoms with van der Waals surface area (Å²) in [7, 11) is 1.42. The number of aryl methyl sites for hydroxylation is 1. The zero-order valence-corrected chi connectivity index (χ0v) is 21.1. The number of hydrogen-bond acceptors (Lipinski definition) is 2. The molecule has 0 saturated carbocycles. The molecule has 32 heavy (non-hydrogen) atoms. The lowest BCUT2D eigenvalue weighted by Gasteiger charge is -2.42. The van der Waals surface area contributed by atoms with Crippen molar-refractivity contribution in [2.75, 3.05) is 7.11 Å². The first kappa shape index (κ1) is 24.3. The van der Waals surface area contributed by atoms with Crippen LogP contribution in [0.2, 0.25) is 0 Å². The number of carbonyl (C=O) groups is 1. The lowest BCUT2D eigenvalue weighted by molar-refractivity contribution is 0.0600. The second-order valence-electron chi connectivity index (χ2n) is 10.7. The van der Waals surface area contributed by atoms with Crippen molar-refractivity contribution in [1.29, 1.82) is 0 Å². The van der Waals surface area contributed by atoms with E-state index in [1.807, 2.05) is 24.3 Å². The molecule has 0 aromatic heterocycles. The number of carbonyl (C=O) groups excluding carboxylic acids is 1. The van der Waals surface area contributed by atoms with Crippen LogP contribution in [-0.4, -0.2) is 13.1 Å². The van der Waals surface area contributed by atoms with Gasteiger partial charge in [0, 0.05) is 0 Å². The van der Waals surface area contributed by atoms with E-state index < -0.39 is 0 Å². The van der Waals surface area contributed by atoms with Crippen LogP contribution in [0.5, 0.6) is 0 Å². The van der Waals surface area contributed by atoms with E-state index in [1.54, 1.807) is 5.56 Å². The van der Waals surface area contributed by atoms with E-state index in [9.17, 15) is 4.79 Å². The third kappa shape index (κ3) is 5.17. The van der Waals surface area contributed by atoms with E-state index in [1.165, 1.54) is 61.5 Å². The molecule has 2 aromatic carbocycles. The Balaban J connectivity index is 2.06. The highest BCUT2D eigenvalue weighted by atomic mass is 16.5. The fourth-order valence-electron chi connectivity index (χ4n) is 4.96. The SMILES string of the molecule is CCCCCc1cc2c(cc1C(C)=Cc1ccc(C(=O)OC)cc1)C(C)(C)CCC2(C)C. The van der Waals surface area contributed by atoms with Gasteiger partial charge >= 0.3 is 5.97 Å². The molecule has 0 heterocycles. The normalized spacial score (nSPS) is 17.0. The quantitative estimate of drug-likeness (QED) is 0.251. The standard InChI is InChI=1S/C30H40O2/c1-8-9-10-11-24-19-26-27(30(5,6)17-16-29(26,3)4)20-25(24)21(2)18-22-12-14-23(15-13-22)28(31)32-7/h12-15,18-20H,8-11,16-17H2,1-7H3. The number of hydrogen-bond donors (Lipinski definition) is 0. The highest BCUT2D eigenvalue weighted by molar-refractivity contribution is 5.90. The van der Waals surface area contributed by atoms with E-state index in [4.69, 9.17) is 4.74 Å². The summed E-state index contributed by atoms with van der Waals surface area (Å²) in [5, 5.41) is 0. The van der Waals surface area contributed by atoms with Gasteiger partial charge in [0.2, 0.25) is 0 Å². The van der Waals surface area contributed by atoms with Gasteiger partial charge in [0.1, 0.15) is 0 Å². The minimum atomic E-state index is -0.296. The topological polar surface area (TPSA) is 26.3 Å². The molecule has 0 fully saturated rings. The summed E-state index contributed by atoms with van der Waals surface area (Å²) < 4.78 is 4.82. The molecular formula is C30H40O2. The Hall–Kier alpha value is -2.35. The van der Waals surface area contributed by atoms with E-state index in [-0.39, 0.29) is 16.8 Å². The molecule has 0 atom stereocenters. The van der Waals surface area contributed by atoms with Gasteiger partial charge in [-0.15, -0.1) is 0 Å². The molecule has 3 rings (SSSR count). The average molecular weight is 433 g/mol. The minimum Gasteiger partial charge on any atom is -0.465 e.